The molecule has 104 valence electrons. The van der Waals surface area contributed by atoms with Crippen molar-refractivity contribution in [3.05, 3.63) is 35.9 Å². The molecule has 0 radical (unpaired) electrons. The molecule has 1 fully saturated rings. The van der Waals surface area contributed by atoms with Crippen LogP contribution in [0.15, 0.2) is 35.3 Å². The number of rotatable bonds is 3. The van der Waals surface area contributed by atoms with Crippen LogP contribution in [0.4, 0.5) is 0 Å². The van der Waals surface area contributed by atoms with E-state index in [1.165, 1.54) is 24.9 Å². The Labute approximate surface area is 115 Å². The normalized spacial score (nSPS) is 21.2. The van der Waals surface area contributed by atoms with Gasteiger partial charge in [-0.05, 0) is 24.9 Å². The molecule has 0 bridgehead atoms. The molecule has 1 aromatic rings. The number of hydrogen-bond donors (Lipinski definition) is 2. The summed E-state index contributed by atoms with van der Waals surface area (Å²) < 4.78 is 0. The number of nitrogens with one attached hydrogen (secondary N) is 2. The van der Waals surface area contributed by atoms with Crippen LogP contribution < -0.4 is 10.6 Å². The molecule has 19 heavy (non-hydrogen) atoms. The van der Waals surface area contributed by atoms with Crippen molar-refractivity contribution in [2.75, 3.05) is 27.2 Å². The molecular formula is C15H24N4. The van der Waals surface area contributed by atoms with E-state index in [2.05, 4.69) is 50.9 Å². The van der Waals surface area contributed by atoms with Gasteiger partial charge in [0.05, 0.1) is 0 Å². The van der Waals surface area contributed by atoms with E-state index >= 15 is 0 Å². The minimum atomic E-state index is 0.489. The number of aliphatic imine (C=N–C) groups is 1. The van der Waals surface area contributed by atoms with Gasteiger partial charge in [-0.1, -0.05) is 30.3 Å². The Balaban J connectivity index is 1.87. The van der Waals surface area contributed by atoms with E-state index < -0.39 is 0 Å². The molecule has 2 rings (SSSR count). The molecule has 0 spiro atoms. The maximum Gasteiger partial charge on any atom is 0.190 e. The predicted molar refractivity (Wildman–Crippen MR) is 80.3 cm³/mol. The van der Waals surface area contributed by atoms with Crippen LogP contribution in [0.1, 0.15) is 18.4 Å². The molecule has 1 aliphatic heterocycles. The maximum atomic E-state index is 4.19. The first-order chi connectivity index (χ1) is 9.31. The van der Waals surface area contributed by atoms with Gasteiger partial charge in [0, 0.05) is 33.2 Å². The van der Waals surface area contributed by atoms with E-state index in [0.29, 0.717) is 6.04 Å². The lowest BCUT2D eigenvalue weighted by Crippen LogP contribution is -2.50. The lowest BCUT2D eigenvalue weighted by atomic mass is 10.0. The largest absolute Gasteiger partial charge is 0.359 e. The van der Waals surface area contributed by atoms with E-state index in [-0.39, 0.29) is 0 Å². The van der Waals surface area contributed by atoms with Crippen molar-refractivity contribution in [1.82, 2.24) is 15.5 Å². The second-order valence-corrected chi connectivity index (χ2v) is 5.03. The van der Waals surface area contributed by atoms with Crippen LogP contribution in [0, 0.1) is 0 Å². The number of likely N-dealkylation sites (tertiary alicyclic amines) is 1. The van der Waals surface area contributed by atoms with Crippen LogP contribution in [-0.4, -0.2) is 44.1 Å². The Hall–Kier alpha value is -1.55. The third kappa shape index (κ3) is 4.24. The number of nitrogens with zero attached hydrogens (tertiary/aromatic N) is 2. The smallest absolute Gasteiger partial charge is 0.190 e. The van der Waals surface area contributed by atoms with Crippen LogP contribution in [0.25, 0.3) is 0 Å². The number of piperidine rings is 1. The minimum absolute atomic E-state index is 0.489. The molecule has 2 N–H and O–H groups in total. The van der Waals surface area contributed by atoms with Crippen molar-refractivity contribution in [2.24, 2.45) is 4.99 Å². The van der Waals surface area contributed by atoms with E-state index in [1.807, 2.05) is 14.1 Å². The highest BCUT2D eigenvalue weighted by atomic mass is 15.2. The predicted octanol–water partition coefficient (Wildman–Crippen LogP) is 1.45. The molecule has 4 heteroatoms. The summed E-state index contributed by atoms with van der Waals surface area (Å²) in [6.07, 6.45) is 2.46. The van der Waals surface area contributed by atoms with Crippen LogP contribution in [0.3, 0.4) is 0 Å². The molecule has 1 saturated heterocycles. The molecule has 1 unspecified atom stereocenters. The first-order valence-electron chi connectivity index (χ1n) is 6.99. The van der Waals surface area contributed by atoms with Crippen molar-refractivity contribution in [2.45, 2.75) is 25.4 Å². The Kier molecular flexibility index (Phi) is 5.21. The average Bonchev–Trinajstić information content (AvgIpc) is 2.46. The summed E-state index contributed by atoms with van der Waals surface area (Å²) in [5, 5.41) is 6.55. The Morgan fingerprint density at radius 2 is 2.16 bits per heavy atom. The van der Waals surface area contributed by atoms with Gasteiger partial charge in [0.15, 0.2) is 5.96 Å². The fourth-order valence-electron chi connectivity index (χ4n) is 2.60. The summed E-state index contributed by atoms with van der Waals surface area (Å²) in [5.74, 6) is 0.881. The first kappa shape index (κ1) is 13.9. The second-order valence-electron chi connectivity index (χ2n) is 5.03. The standard InChI is InChI=1S/C15H24N4/c1-16-15(17-2)18-14-9-6-10-19(12-14)11-13-7-4-3-5-8-13/h3-5,7-8,14H,6,9-12H2,1-2H3,(H2,16,17,18). The van der Waals surface area contributed by atoms with Crippen LogP contribution >= 0.6 is 0 Å². The maximum absolute atomic E-state index is 4.19. The van der Waals surface area contributed by atoms with Gasteiger partial charge in [-0.3, -0.25) is 9.89 Å². The highest BCUT2D eigenvalue weighted by molar-refractivity contribution is 5.79. The van der Waals surface area contributed by atoms with E-state index in [0.717, 1.165) is 19.0 Å². The topological polar surface area (TPSA) is 39.7 Å². The van der Waals surface area contributed by atoms with Gasteiger partial charge in [-0.2, -0.15) is 0 Å². The molecule has 0 saturated carbocycles. The Morgan fingerprint density at radius 3 is 2.84 bits per heavy atom. The summed E-state index contributed by atoms with van der Waals surface area (Å²) >= 11 is 0. The molecule has 0 aromatic heterocycles. The minimum Gasteiger partial charge on any atom is -0.359 e. The zero-order valence-corrected chi connectivity index (χ0v) is 11.9. The second kappa shape index (κ2) is 7.14. The molecule has 0 aliphatic carbocycles. The fraction of sp³-hybridized carbons (Fsp3) is 0.533. The molecule has 0 amide bonds. The number of guanidine groups is 1. The average molecular weight is 260 g/mol. The summed E-state index contributed by atoms with van der Waals surface area (Å²) in [6, 6.07) is 11.2. The van der Waals surface area contributed by atoms with E-state index in [9.17, 15) is 0 Å². The van der Waals surface area contributed by atoms with Gasteiger partial charge in [0.1, 0.15) is 0 Å². The zero-order chi connectivity index (χ0) is 13.5. The third-order valence-corrected chi connectivity index (χ3v) is 3.56. The van der Waals surface area contributed by atoms with Crippen LogP contribution in [0.2, 0.25) is 0 Å². The number of benzene rings is 1. The molecule has 1 heterocycles. The van der Waals surface area contributed by atoms with Crippen molar-refractivity contribution in [3.8, 4) is 0 Å². The third-order valence-electron chi connectivity index (χ3n) is 3.56. The van der Waals surface area contributed by atoms with Crippen molar-refractivity contribution >= 4 is 5.96 Å². The van der Waals surface area contributed by atoms with Gasteiger partial charge in [0.2, 0.25) is 0 Å². The van der Waals surface area contributed by atoms with Crippen molar-refractivity contribution in [3.63, 3.8) is 0 Å². The van der Waals surface area contributed by atoms with Gasteiger partial charge < -0.3 is 10.6 Å². The fourth-order valence-corrected chi connectivity index (χ4v) is 2.60. The zero-order valence-electron chi connectivity index (χ0n) is 11.9. The van der Waals surface area contributed by atoms with Gasteiger partial charge in [-0.25, -0.2) is 0 Å². The Morgan fingerprint density at radius 1 is 1.37 bits per heavy atom. The molecule has 1 aliphatic rings. The van der Waals surface area contributed by atoms with Crippen molar-refractivity contribution < 1.29 is 0 Å². The summed E-state index contributed by atoms with van der Waals surface area (Å²) in [7, 11) is 3.71. The highest BCUT2D eigenvalue weighted by Crippen LogP contribution is 2.13. The lowest BCUT2D eigenvalue weighted by molar-refractivity contribution is 0.193. The first-order valence-corrected chi connectivity index (χ1v) is 6.99. The van der Waals surface area contributed by atoms with E-state index in [4.69, 9.17) is 0 Å². The lowest BCUT2D eigenvalue weighted by Gasteiger charge is -2.33. The molecular weight excluding hydrogens is 236 g/mol. The monoisotopic (exact) mass is 260 g/mol. The number of hydrogen-bond acceptors (Lipinski definition) is 2. The van der Waals surface area contributed by atoms with E-state index in [1.54, 1.807) is 0 Å². The summed E-state index contributed by atoms with van der Waals surface area (Å²) in [4.78, 5) is 6.70. The molecule has 4 nitrogen and oxygen atoms in total. The van der Waals surface area contributed by atoms with Gasteiger partial charge in [0.25, 0.3) is 0 Å². The van der Waals surface area contributed by atoms with Crippen LogP contribution in [-0.2, 0) is 6.54 Å². The highest BCUT2D eigenvalue weighted by Gasteiger charge is 2.20. The summed E-state index contributed by atoms with van der Waals surface area (Å²) in [5.41, 5.74) is 1.39. The SMILES string of the molecule is CN=C(NC)NC1CCCN(Cc2ccccc2)C1. The van der Waals surface area contributed by atoms with Crippen LogP contribution in [0.5, 0.6) is 0 Å². The van der Waals surface area contributed by atoms with Gasteiger partial charge in [-0.15, -0.1) is 0 Å². The van der Waals surface area contributed by atoms with Crippen molar-refractivity contribution in [1.29, 1.82) is 0 Å². The van der Waals surface area contributed by atoms with Gasteiger partial charge >= 0.3 is 0 Å². The quantitative estimate of drug-likeness (QED) is 0.638. The molecule has 1 aromatic carbocycles. The summed E-state index contributed by atoms with van der Waals surface area (Å²) in [6.45, 7) is 3.30. The Bertz CT molecular complexity index is 402. The molecule has 1 atom stereocenters.